The highest BCUT2D eigenvalue weighted by molar-refractivity contribution is 7.71. The second-order valence-corrected chi connectivity index (χ2v) is 10.2. The summed E-state index contributed by atoms with van der Waals surface area (Å²) in [6.45, 7) is 8.46. The van der Waals surface area contributed by atoms with Crippen molar-refractivity contribution in [1.82, 2.24) is 19.7 Å². The van der Waals surface area contributed by atoms with Crippen molar-refractivity contribution in [3.63, 3.8) is 0 Å². The molecule has 218 valence electrons. The molecule has 3 rings (SSSR count). The van der Waals surface area contributed by atoms with Gasteiger partial charge in [-0.3, -0.25) is 23.7 Å². The SMILES string of the molecule is CCC(C)n1c(-c2ccccc2Cl)nn([C@@H]2O[C@H](COC(C)=O)[C@@H](OC(C)=O)[C@H](OC(C)=O)[C@H]2NC(C)=O)c1=S. The topological polar surface area (TPSA) is 140 Å². The first-order chi connectivity index (χ1) is 18.8. The Balaban J connectivity index is 2.26. The third kappa shape index (κ3) is 7.07. The minimum Gasteiger partial charge on any atom is -0.463 e. The van der Waals surface area contributed by atoms with Gasteiger partial charge in [-0.1, -0.05) is 30.7 Å². The minimum absolute atomic E-state index is 0.106. The maximum Gasteiger partial charge on any atom is 0.303 e. The highest BCUT2D eigenvalue weighted by atomic mass is 35.5. The summed E-state index contributed by atoms with van der Waals surface area (Å²) in [5.74, 6) is -2.02. The molecule has 1 aliphatic heterocycles. The van der Waals surface area contributed by atoms with Crippen LogP contribution in [0.1, 0.15) is 60.2 Å². The highest BCUT2D eigenvalue weighted by Gasteiger charge is 2.52. The van der Waals surface area contributed by atoms with E-state index in [1.54, 1.807) is 18.2 Å². The van der Waals surface area contributed by atoms with E-state index in [1.807, 2.05) is 24.5 Å². The maximum absolute atomic E-state index is 12.4. The molecule has 40 heavy (non-hydrogen) atoms. The van der Waals surface area contributed by atoms with Crippen LogP contribution in [0.3, 0.4) is 0 Å². The zero-order chi connectivity index (χ0) is 29.7. The van der Waals surface area contributed by atoms with E-state index < -0.39 is 54.4 Å². The number of hydrogen-bond acceptors (Lipinski definition) is 10. The molecule has 0 radical (unpaired) electrons. The van der Waals surface area contributed by atoms with Gasteiger partial charge in [0.1, 0.15) is 18.8 Å². The number of hydrogen-bond donors (Lipinski definition) is 1. The van der Waals surface area contributed by atoms with Crippen molar-refractivity contribution < 1.29 is 38.1 Å². The van der Waals surface area contributed by atoms with E-state index in [1.165, 1.54) is 32.4 Å². The number of halogens is 1. The Kier molecular flexibility index (Phi) is 10.4. The van der Waals surface area contributed by atoms with Crippen LogP contribution in [0.25, 0.3) is 11.4 Å². The monoisotopic (exact) mass is 596 g/mol. The number of nitrogens with zero attached hydrogens (tertiary/aromatic N) is 3. The van der Waals surface area contributed by atoms with Crippen LogP contribution >= 0.6 is 23.8 Å². The van der Waals surface area contributed by atoms with Crippen LogP contribution in [0.15, 0.2) is 24.3 Å². The van der Waals surface area contributed by atoms with Crippen molar-refractivity contribution in [1.29, 1.82) is 0 Å². The van der Waals surface area contributed by atoms with E-state index in [2.05, 4.69) is 5.32 Å². The van der Waals surface area contributed by atoms with Crippen LogP contribution in [-0.2, 0) is 38.1 Å². The molecule has 1 aromatic carbocycles. The van der Waals surface area contributed by atoms with E-state index >= 15 is 0 Å². The van der Waals surface area contributed by atoms with Gasteiger partial charge in [0.25, 0.3) is 0 Å². The summed E-state index contributed by atoms with van der Waals surface area (Å²) >= 11 is 12.4. The molecule has 1 fully saturated rings. The van der Waals surface area contributed by atoms with Gasteiger partial charge >= 0.3 is 17.9 Å². The van der Waals surface area contributed by atoms with Crippen LogP contribution in [0.4, 0.5) is 0 Å². The number of esters is 3. The van der Waals surface area contributed by atoms with Gasteiger partial charge in [-0.25, -0.2) is 4.68 Å². The van der Waals surface area contributed by atoms with Crippen molar-refractivity contribution in [2.45, 2.75) is 84.6 Å². The molecule has 1 saturated heterocycles. The van der Waals surface area contributed by atoms with Gasteiger partial charge in [-0.15, -0.1) is 5.10 Å². The third-order valence-corrected chi connectivity index (χ3v) is 7.02. The molecular formula is C26H33ClN4O8S. The molecule has 12 nitrogen and oxygen atoms in total. The van der Waals surface area contributed by atoms with Gasteiger partial charge in [-0.2, -0.15) is 0 Å². The number of rotatable bonds is 9. The predicted molar refractivity (Wildman–Crippen MR) is 146 cm³/mol. The zero-order valence-corrected chi connectivity index (χ0v) is 24.7. The number of nitrogens with one attached hydrogen (secondary N) is 1. The van der Waals surface area contributed by atoms with Crippen LogP contribution < -0.4 is 5.32 Å². The van der Waals surface area contributed by atoms with E-state index in [0.717, 1.165) is 0 Å². The van der Waals surface area contributed by atoms with Crippen LogP contribution in [-0.4, -0.2) is 69.1 Å². The Morgan fingerprint density at radius 3 is 2.25 bits per heavy atom. The Labute approximate surface area is 241 Å². The summed E-state index contributed by atoms with van der Waals surface area (Å²) in [7, 11) is 0. The lowest BCUT2D eigenvalue weighted by Gasteiger charge is -2.45. The molecule has 1 aliphatic rings. The fraction of sp³-hybridized carbons (Fsp3) is 0.538. The van der Waals surface area contributed by atoms with E-state index in [4.69, 9.17) is 47.9 Å². The Bertz CT molecular complexity index is 1330. The van der Waals surface area contributed by atoms with Crippen molar-refractivity contribution in [3.05, 3.63) is 34.1 Å². The molecule has 2 aromatic rings. The summed E-state index contributed by atoms with van der Waals surface area (Å²) in [5, 5.41) is 7.97. The van der Waals surface area contributed by atoms with Crippen LogP contribution in [0, 0.1) is 4.77 Å². The molecule has 0 bridgehead atoms. The number of carbonyl (C=O) groups is 4. The Morgan fingerprint density at radius 1 is 1.07 bits per heavy atom. The quantitative estimate of drug-likeness (QED) is 0.260. The maximum atomic E-state index is 12.4. The number of carbonyl (C=O) groups excluding carboxylic acids is 4. The highest BCUT2D eigenvalue weighted by Crippen LogP contribution is 2.36. The van der Waals surface area contributed by atoms with Crippen molar-refractivity contribution in [3.8, 4) is 11.4 Å². The van der Waals surface area contributed by atoms with Crippen molar-refractivity contribution >= 4 is 47.6 Å². The summed E-state index contributed by atoms with van der Waals surface area (Å²) in [4.78, 5) is 48.3. The fourth-order valence-electron chi connectivity index (χ4n) is 4.48. The Morgan fingerprint density at radius 2 is 1.70 bits per heavy atom. The molecule has 1 amide bonds. The first kappa shape index (κ1) is 31.2. The summed E-state index contributed by atoms with van der Waals surface area (Å²) in [6.07, 6.45) is -4.05. The number of amides is 1. The average molecular weight is 597 g/mol. The van der Waals surface area contributed by atoms with Crippen molar-refractivity contribution in [2.24, 2.45) is 0 Å². The van der Waals surface area contributed by atoms with E-state index in [-0.39, 0.29) is 17.4 Å². The number of benzene rings is 1. The van der Waals surface area contributed by atoms with Gasteiger partial charge in [0, 0.05) is 39.3 Å². The second kappa shape index (κ2) is 13.4. The molecule has 1 aromatic heterocycles. The molecule has 14 heteroatoms. The van der Waals surface area contributed by atoms with Gasteiger partial charge < -0.3 is 24.3 Å². The number of ether oxygens (including phenoxy) is 4. The first-order valence-corrected chi connectivity index (χ1v) is 13.5. The van der Waals surface area contributed by atoms with E-state index in [0.29, 0.717) is 22.8 Å². The van der Waals surface area contributed by atoms with Crippen molar-refractivity contribution in [2.75, 3.05) is 6.61 Å². The molecular weight excluding hydrogens is 564 g/mol. The van der Waals surface area contributed by atoms with Gasteiger partial charge in [0.15, 0.2) is 24.3 Å². The molecule has 1 unspecified atom stereocenters. The van der Waals surface area contributed by atoms with Gasteiger partial charge in [0.2, 0.25) is 10.7 Å². The normalized spacial score (nSPS) is 23.1. The number of aromatic nitrogens is 3. The van der Waals surface area contributed by atoms with E-state index in [9.17, 15) is 19.2 Å². The molecule has 0 aliphatic carbocycles. The van der Waals surface area contributed by atoms with Gasteiger partial charge in [0.05, 0.1) is 5.02 Å². The molecule has 0 saturated carbocycles. The standard InChI is InChI=1S/C26H33ClN4O8S/c1-7-13(2)30-24(18-10-8-9-11-19(18)27)29-31(26(30)40)25-21(28-14(3)32)23(38-17(6)35)22(37-16(5)34)20(39-25)12-36-15(4)33/h8-11,13,20-23,25H,7,12H2,1-6H3,(H,28,32)/t13?,20-,21-,22-,23-,25-/m1/s1. The lowest BCUT2D eigenvalue weighted by molar-refractivity contribution is -0.239. The average Bonchev–Trinajstić information content (AvgIpc) is 3.20. The zero-order valence-electron chi connectivity index (χ0n) is 23.1. The summed E-state index contributed by atoms with van der Waals surface area (Å²) in [5.41, 5.74) is 0.618. The first-order valence-electron chi connectivity index (χ1n) is 12.7. The van der Waals surface area contributed by atoms with Gasteiger partial charge in [-0.05, 0) is 37.7 Å². The lowest BCUT2D eigenvalue weighted by atomic mass is 9.95. The third-order valence-electron chi connectivity index (χ3n) is 6.31. The largest absolute Gasteiger partial charge is 0.463 e. The molecule has 1 N–H and O–H groups in total. The summed E-state index contributed by atoms with van der Waals surface area (Å²) < 4.78 is 26.0. The van der Waals surface area contributed by atoms with Crippen LogP contribution in [0.2, 0.25) is 5.02 Å². The molecule has 2 heterocycles. The predicted octanol–water partition coefficient (Wildman–Crippen LogP) is 3.53. The smallest absolute Gasteiger partial charge is 0.303 e. The fourth-order valence-corrected chi connectivity index (χ4v) is 5.11. The second-order valence-electron chi connectivity index (χ2n) is 9.40. The van der Waals surface area contributed by atoms with Crippen LogP contribution in [0.5, 0.6) is 0 Å². The summed E-state index contributed by atoms with van der Waals surface area (Å²) in [6, 6.07) is 5.93. The lowest BCUT2D eigenvalue weighted by Crippen LogP contribution is -2.64. The molecule has 0 spiro atoms. The Hall–Kier alpha value is -3.29. The molecule has 6 atom stereocenters. The minimum atomic E-state index is -1.25.